The Hall–Kier alpha value is -1.51. The molecule has 1 unspecified atom stereocenters. The third kappa shape index (κ3) is 11.0. The molecule has 2 N–H and O–H groups in total. The fraction of sp³-hybridized carbons (Fsp3) is 0.600. The number of methoxy groups -OCH3 is 2. The Morgan fingerprint density at radius 2 is 1.74 bits per heavy atom. The standard InChI is InChI=1S/C20H33N3O3.HI/c1-16(17-9-11-18(25-3)12-10-17)13-15-23-20(21-2)22-14-7-5-6-8-19(24)26-4;/h9-12,16H,5-8,13-15H2,1-4H3,(H2,21,22,23);1H. The van der Waals surface area contributed by atoms with Gasteiger partial charge in [-0.2, -0.15) is 0 Å². The lowest BCUT2D eigenvalue weighted by atomic mass is 9.98. The summed E-state index contributed by atoms with van der Waals surface area (Å²) >= 11 is 0. The molecule has 27 heavy (non-hydrogen) atoms. The van der Waals surface area contributed by atoms with Crippen LogP contribution in [0.3, 0.4) is 0 Å². The molecular weight excluding hydrogens is 457 g/mol. The number of hydrogen-bond acceptors (Lipinski definition) is 4. The molecular formula is C20H34IN3O3. The zero-order chi connectivity index (χ0) is 19.2. The van der Waals surface area contributed by atoms with Crippen molar-refractivity contribution >= 4 is 35.9 Å². The molecule has 1 aromatic carbocycles. The number of hydrogen-bond donors (Lipinski definition) is 2. The number of esters is 1. The Bertz CT molecular complexity index is 550. The second-order valence-electron chi connectivity index (χ2n) is 6.28. The van der Waals surface area contributed by atoms with Gasteiger partial charge < -0.3 is 20.1 Å². The van der Waals surface area contributed by atoms with Crippen molar-refractivity contribution in [3.8, 4) is 5.75 Å². The van der Waals surface area contributed by atoms with Crippen LogP contribution in [0.25, 0.3) is 0 Å². The molecule has 154 valence electrons. The van der Waals surface area contributed by atoms with Crippen LogP contribution in [0.4, 0.5) is 0 Å². The van der Waals surface area contributed by atoms with Gasteiger partial charge in [-0.15, -0.1) is 24.0 Å². The van der Waals surface area contributed by atoms with Crippen LogP contribution in [-0.2, 0) is 9.53 Å². The van der Waals surface area contributed by atoms with Gasteiger partial charge in [0.05, 0.1) is 14.2 Å². The minimum Gasteiger partial charge on any atom is -0.497 e. The van der Waals surface area contributed by atoms with Crippen molar-refractivity contribution in [3.63, 3.8) is 0 Å². The maximum absolute atomic E-state index is 11.0. The van der Waals surface area contributed by atoms with Crippen LogP contribution in [-0.4, -0.2) is 46.3 Å². The van der Waals surface area contributed by atoms with Gasteiger partial charge in [0.25, 0.3) is 0 Å². The SMILES string of the molecule is CN=C(NCCCCCC(=O)OC)NCCC(C)c1ccc(OC)cc1.I. The maximum atomic E-state index is 11.0. The van der Waals surface area contributed by atoms with Crippen molar-refractivity contribution in [1.29, 1.82) is 0 Å². The summed E-state index contributed by atoms with van der Waals surface area (Å²) in [4.78, 5) is 15.3. The van der Waals surface area contributed by atoms with Gasteiger partial charge in [0.1, 0.15) is 5.75 Å². The van der Waals surface area contributed by atoms with Gasteiger partial charge in [0.2, 0.25) is 0 Å². The van der Waals surface area contributed by atoms with Crippen LogP contribution in [0.1, 0.15) is 50.5 Å². The Labute approximate surface area is 180 Å². The summed E-state index contributed by atoms with van der Waals surface area (Å²) in [6.45, 7) is 3.92. The normalized spacial score (nSPS) is 11.9. The molecule has 1 atom stereocenters. The first-order chi connectivity index (χ1) is 12.6. The second-order valence-corrected chi connectivity index (χ2v) is 6.28. The first-order valence-electron chi connectivity index (χ1n) is 9.26. The van der Waals surface area contributed by atoms with Crippen LogP contribution < -0.4 is 15.4 Å². The van der Waals surface area contributed by atoms with Crippen molar-refractivity contribution in [1.82, 2.24) is 10.6 Å². The highest BCUT2D eigenvalue weighted by atomic mass is 127. The number of aliphatic imine (C=N–C) groups is 1. The predicted molar refractivity (Wildman–Crippen MR) is 121 cm³/mol. The summed E-state index contributed by atoms with van der Waals surface area (Å²) in [6.07, 6.45) is 4.37. The average Bonchev–Trinajstić information content (AvgIpc) is 2.68. The number of ether oxygens (including phenoxy) is 2. The predicted octanol–water partition coefficient (Wildman–Crippen LogP) is 3.71. The van der Waals surface area contributed by atoms with E-state index in [9.17, 15) is 4.79 Å². The molecule has 0 saturated heterocycles. The third-order valence-corrected chi connectivity index (χ3v) is 4.36. The van der Waals surface area contributed by atoms with Gasteiger partial charge in [-0.1, -0.05) is 25.5 Å². The van der Waals surface area contributed by atoms with Crippen molar-refractivity contribution in [2.24, 2.45) is 4.99 Å². The van der Waals surface area contributed by atoms with E-state index in [1.165, 1.54) is 12.7 Å². The van der Waals surface area contributed by atoms with Crippen LogP contribution in [0, 0.1) is 0 Å². The molecule has 0 aliphatic heterocycles. The molecule has 0 spiro atoms. The van der Waals surface area contributed by atoms with Gasteiger partial charge in [-0.25, -0.2) is 0 Å². The maximum Gasteiger partial charge on any atom is 0.305 e. The van der Waals surface area contributed by atoms with E-state index in [1.54, 1.807) is 14.2 Å². The van der Waals surface area contributed by atoms with Crippen molar-refractivity contribution in [3.05, 3.63) is 29.8 Å². The largest absolute Gasteiger partial charge is 0.497 e. The number of carbonyl (C=O) groups is 1. The van der Waals surface area contributed by atoms with Crippen molar-refractivity contribution in [2.45, 2.75) is 44.9 Å². The summed E-state index contributed by atoms with van der Waals surface area (Å²) < 4.78 is 9.83. The first-order valence-corrected chi connectivity index (χ1v) is 9.26. The molecule has 0 saturated carbocycles. The number of unbranched alkanes of at least 4 members (excludes halogenated alkanes) is 2. The number of carbonyl (C=O) groups excluding carboxylic acids is 1. The lowest BCUT2D eigenvalue weighted by Crippen LogP contribution is -2.38. The zero-order valence-electron chi connectivity index (χ0n) is 16.9. The number of rotatable bonds is 11. The van der Waals surface area contributed by atoms with Crippen LogP contribution in [0.5, 0.6) is 5.75 Å². The lowest BCUT2D eigenvalue weighted by Gasteiger charge is -2.15. The molecule has 1 rings (SSSR count). The molecule has 0 bridgehead atoms. The molecule has 6 nitrogen and oxygen atoms in total. The number of benzene rings is 1. The highest BCUT2D eigenvalue weighted by molar-refractivity contribution is 14.0. The van der Waals surface area contributed by atoms with E-state index in [0.717, 1.165) is 50.5 Å². The topological polar surface area (TPSA) is 72.0 Å². The molecule has 0 aliphatic carbocycles. The number of guanidine groups is 1. The van der Waals surface area contributed by atoms with Gasteiger partial charge in [-0.05, 0) is 42.9 Å². The summed E-state index contributed by atoms with van der Waals surface area (Å²) in [5.74, 6) is 2.03. The minimum absolute atomic E-state index is 0. The quantitative estimate of drug-likeness (QED) is 0.162. The monoisotopic (exact) mass is 491 g/mol. The molecule has 1 aromatic rings. The van der Waals surface area contributed by atoms with Gasteiger partial charge in [-0.3, -0.25) is 9.79 Å². The molecule has 0 aromatic heterocycles. The van der Waals surface area contributed by atoms with Crippen molar-refractivity contribution < 1.29 is 14.3 Å². The molecule has 0 fully saturated rings. The molecule has 7 heteroatoms. The Kier molecular flexibility index (Phi) is 14.7. The van der Waals surface area contributed by atoms with Gasteiger partial charge in [0, 0.05) is 26.6 Å². The lowest BCUT2D eigenvalue weighted by molar-refractivity contribution is -0.140. The van der Waals surface area contributed by atoms with E-state index < -0.39 is 0 Å². The Balaban J connectivity index is 0.00000676. The van der Waals surface area contributed by atoms with E-state index in [0.29, 0.717) is 12.3 Å². The number of halogens is 1. The highest BCUT2D eigenvalue weighted by Gasteiger charge is 2.06. The first kappa shape index (κ1) is 25.5. The van der Waals surface area contributed by atoms with E-state index in [-0.39, 0.29) is 29.9 Å². The Morgan fingerprint density at radius 1 is 1.07 bits per heavy atom. The molecule has 0 aliphatic rings. The van der Waals surface area contributed by atoms with Crippen LogP contribution in [0.2, 0.25) is 0 Å². The van der Waals surface area contributed by atoms with Crippen LogP contribution >= 0.6 is 24.0 Å². The summed E-state index contributed by atoms with van der Waals surface area (Å²) in [5, 5.41) is 6.66. The minimum atomic E-state index is -0.138. The fourth-order valence-corrected chi connectivity index (χ4v) is 2.61. The van der Waals surface area contributed by atoms with E-state index >= 15 is 0 Å². The van der Waals surface area contributed by atoms with Crippen LogP contribution in [0.15, 0.2) is 29.3 Å². The van der Waals surface area contributed by atoms with Crippen molar-refractivity contribution in [2.75, 3.05) is 34.4 Å². The highest BCUT2D eigenvalue weighted by Crippen LogP contribution is 2.21. The third-order valence-electron chi connectivity index (χ3n) is 4.36. The Morgan fingerprint density at radius 3 is 2.33 bits per heavy atom. The number of nitrogens with one attached hydrogen (secondary N) is 2. The van der Waals surface area contributed by atoms with E-state index in [4.69, 9.17) is 4.74 Å². The average molecular weight is 491 g/mol. The smallest absolute Gasteiger partial charge is 0.305 e. The number of nitrogens with zero attached hydrogens (tertiary/aromatic N) is 1. The van der Waals surface area contributed by atoms with Gasteiger partial charge >= 0.3 is 5.97 Å². The van der Waals surface area contributed by atoms with E-state index in [2.05, 4.69) is 39.4 Å². The zero-order valence-corrected chi connectivity index (χ0v) is 19.2. The second kappa shape index (κ2) is 15.5. The van der Waals surface area contributed by atoms with Gasteiger partial charge in [0.15, 0.2) is 5.96 Å². The van der Waals surface area contributed by atoms with E-state index in [1.807, 2.05) is 12.1 Å². The molecule has 0 radical (unpaired) electrons. The fourth-order valence-electron chi connectivity index (χ4n) is 2.61. The molecule has 0 heterocycles. The molecule has 0 amide bonds. The summed E-state index contributed by atoms with van der Waals surface area (Å²) in [7, 11) is 4.88. The summed E-state index contributed by atoms with van der Waals surface area (Å²) in [5.41, 5.74) is 1.31. The summed E-state index contributed by atoms with van der Waals surface area (Å²) in [6, 6.07) is 8.23.